The molecule has 0 bridgehead atoms. The van der Waals surface area contributed by atoms with Crippen LogP contribution in [0.25, 0.3) is 22.0 Å². The first kappa shape index (κ1) is 14.7. The van der Waals surface area contributed by atoms with E-state index < -0.39 is 0 Å². The van der Waals surface area contributed by atoms with Gasteiger partial charge in [-0.25, -0.2) is 4.57 Å². The summed E-state index contributed by atoms with van der Waals surface area (Å²) in [7, 11) is 2.10. The standard InChI is InChI=1S/C20H23N2/c1-14(2)11-17-12-16-9-10-22(4)20(19(16)13-21-17)18-8-6-5-7-15(18)3/h5-10,12-14H,11H2,1-4H3/q+1. The number of aromatic nitrogens is 2. The molecule has 1 aromatic carbocycles. The van der Waals surface area contributed by atoms with Crippen molar-refractivity contribution in [2.75, 3.05) is 0 Å². The largest absolute Gasteiger partial charge is 0.260 e. The van der Waals surface area contributed by atoms with Crippen molar-refractivity contribution in [1.29, 1.82) is 0 Å². The molecule has 0 aliphatic rings. The minimum Gasteiger partial charge on any atom is -0.260 e. The van der Waals surface area contributed by atoms with Gasteiger partial charge in [0.05, 0.1) is 5.39 Å². The van der Waals surface area contributed by atoms with E-state index in [9.17, 15) is 0 Å². The fourth-order valence-electron chi connectivity index (χ4n) is 3.01. The lowest BCUT2D eigenvalue weighted by Gasteiger charge is -2.09. The fraction of sp³-hybridized carbons (Fsp3) is 0.300. The molecule has 0 unspecified atom stereocenters. The number of benzene rings is 1. The molecule has 3 rings (SSSR count). The molecule has 0 saturated heterocycles. The molecular formula is C20H23N2+. The Morgan fingerprint density at radius 3 is 2.64 bits per heavy atom. The molecule has 0 fully saturated rings. The van der Waals surface area contributed by atoms with E-state index in [1.54, 1.807) is 0 Å². The number of hydrogen-bond acceptors (Lipinski definition) is 1. The second kappa shape index (κ2) is 5.88. The molecule has 3 aromatic rings. The van der Waals surface area contributed by atoms with Crippen molar-refractivity contribution < 1.29 is 4.57 Å². The molecule has 0 spiro atoms. The fourth-order valence-corrected chi connectivity index (χ4v) is 3.01. The third-order valence-corrected chi connectivity index (χ3v) is 4.10. The lowest BCUT2D eigenvalue weighted by molar-refractivity contribution is -0.659. The van der Waals surface area contributed by atoms with Gasteiger partial charge in [0, 0.05) is 23.5 Å². The Morgan fingerprint density at radius 2 is 1.91 bits per heavy atom. The molecule has 0 aliphatic carbocycles. The molecular weight excluding hydrogens is 268 g/mol. The summed E-state index contributed by atoms with van der Waals surface area (Å²) < 4.78 is 2.19. The van der Waals surface area contributed by atoms with Crippen LogP contribution in [0.15, 0.2) is 48.8 Å². The van der Waals surface area contributed by atoms with Crippen molar-refractivity contribution in [3.8, 4) is 11.3 Å². The Kier molecular flexibility index (Phi) is 3.93. The smallest absolute Gasteiger partial charge is 0.221 e. The summed E-state index contributed by atoms with van der Waals surface area (Å²) in [5, 5.41) is 2.48. The van der Waals surface area contributed by atoms with Crippen molar-refractivity contribution in [3.05, 3.63) is 60.0 Å². The second-order valence-electron chi connectivity index (χ2n) is 6.45. The third kappa shape index (κ3) is 2.74. The van der Waals surface area contributed by atoms with Gasteiger partial charge >= 0.3 is 0 Å². The quantitative estimate of drug-likeness (QED) is 0.660. The molecule has 0 radical (unpaired) electrons. The zero-order valence-corrected chi connectivity index (χ0v) is 13.8. The van der Waals surface area contributed by atoms with Crippen LogP contribution in [0.4, 0.5) is 0 Å². The lowest BCUT2D eigenvalue weighted by atomic mass is 9.99. The van der Waals surface area contributed by atoms with Gasteiger partial charge in [-0.3, -0.25) is 4.98 Å². The Balaban J connectivity index is 2.22. The third-order valence-electron chi connectivity index (χ3n) is 4.10. The SMILES string of the molecule is Cc1ccccc1-c1c2cnc(CC(C)C)cc2cc[n+]1C. The normalized spacial score (nSPS) is 11.3. The van der Waals surface area contributed by atoms with Gasteiger partial charge in [0.2, 0.25) is 5.69 Å². The van der Waals surface area contributed by atoms with Gasteiger partial charge in [-0.15, -0.1) is 0 Å². The second-order valence-corrected chi connectivity index (χ2v) is 6.45. The van der Waals surface area contributed by atoms with Crippen molar-refractivity contribution in [1.82, 2.24) is 4.98 Å². The van der Waals surface area contributed by atoms with Crippen LogP contribution < -0.4 is 4.57 Å². The summed E-state index contributed by atoms with van der Waals surface area (Å²) in [5.74, 6) is 0.626. The summed E-state index contributed by atoms with van der Waals surface area (Å²) in [6.45, 7) is 6.62. The molecule has 22 heavy (non-hydrogen) atoms. The minimum atomic E-state index is 0.626. The van der Waals surface area contributed by atoms with Gasteiger partial charge in [0.15, 0.2) is 6.20 Å². The molecule has 0 atom stereocenters. The van der Waals surface area contributed by atoms with Crippen molar-refractivity contribution >= 4 is 10.8 Å². The Morgan fingerprint density at radius 1 is 1.14 bits per heavy atom. The first-order valence-electron chi connectivity index (χ1n) is 7.89. The van der Waals surface area contributed by atoms with Crippen molar-refractivity contribution in [2.24, 2.45) is 13.0 Å². The highest BCUT2D eigenvalue weighted by molar-refractivity contribution is 5.93. The monoisotopic (exact) mass is 291 g/mol. The average molecular weight is 291 g/mol. The summed E-state index contributed by atoms with van der Waals surface area (Å²) in [6, 6.07) is 12.9. The van der Waals surface area contributed by atoms with Crippen LogP contribution in [0.5, 0.6) is 0 Å². The molecule has 0 aliphatic heterocycles. The average Bonchev–Trinajstić information content (AvgIpc) is 2.48. The number of pyridine rings is 2. The van der Waals surface area contributed by atoms with Crippen LogP contribution in [0, 0.1) is 12.8 Å². The maximum absolute atomic E-state index is 4.69. The van der Waals surface area contributed by atoms with Gasteiger partial charge in [-0.05, 0) is 42.3 Å². The van der Waals surface area contributed by atoms with E-state index in [-0.39, 0.29) is 0 Å². The van der Waals surface area contributed by atoms with Crippen molar-refractivity contribution in [3.63, 3.8) is 0 Å². The predicted molar refractivity (Wildman–Crippen MR) is 91.6 cm³/mol. The van der Waals surface area contributed by atoms with E-state index in [2.05, 4.69) is 75.0 Å². The summed E-state index contributed by atoms with van der Waals surface area (Å²) in [5.41, 5.74) is 4.97. The zero-order chi connectivity index (χ0) is 15.7. The van der Waals surface area contributed by atoms with Crippen LogP contribution >= 0.6 is 0 Å². The van der Waals surface area contributed by atoms with Crippen LogP contribution in [0.3, 0.4) is 0 Å². The van der Waals surface area contributed by atoms with E-state index in [1.165, 1.54) is 33.3 Å². The number of nitrogens with zero attached hydrogens (tertiary/aromatic N) is 2. The lowest BCUT2D eigenvalue weighted by Crippen LogP contribution is -2.30. The van der Waals surface area contributed by atoms with Gasteiger partial charge in [0.25, 0.3) is 0 Å². The summed E-state index contributed by atoms with van der Waals surface area (Å²) >= 11 is 0. The highest BCUT2D eigenvalue weighted by atomic mass is 14.9. The van der Waals surface area contributed by atoms with Gasteiger partial charge < -0.3 is 0 Å². The maximum atomic E-state index is 4.69. The maximum Gasteiger partial charge on any atom is 0.221 e. The zero-order valence-electron chi connectivity index (χ0n) is 13.8. The molecule has 0 saturated carbocycles. The minimum absolute atomic E-state index is 0.626. The summed E-state index contributed by atoms with van der Waals surface area (Å²) in [6.07, 6.45) is 5.20. The first-order valence-corrected chi connectivity index (χ1v) is 7.89. The molecule has 0 amide bonds. The Labute approximate surface area is 132 Å². The van der Waals surface area contributed by atoms with Crippen molar-refractivity contribution in [2.45, 2.75) is 27.2 Å². The highest BCUT2D eigenvalue weighted by Gasteiger charge is 2.17. The van der Waals surface area contributed by atoms with Gasteiger partial charge in [-0.1, -0.05) is 32.0 Å². The van der Waals surface area contributed by atoms with Crippen LogP contribution in [0.1, 0.15) is 25.1 Å². The Bertz CT molecular complexity index is 819. The Hall–Kier alpha value is -2.22. The van der Waals surface area contributed by atoms with Gasteiger partial charge in [-0.2, -0.15) is 0 Å². The van der Waals surface area contributed by atoms with E-state index >= 15 is 0 Å². The van der Waals surface area contributed by atoms with E-state index in [1.807, 2.05) is 6.20 Å². The van der Waals surface area contributed by atoms with Crippen LogP contribution in [0.2, 0.25) is 0 Å². The number of fused-ring (bicyclic) bond motifs is 1. The van der Waals surface area contributed by atoms with E-state index in [0.29, 0.717) is 5.92 Å². The number of aryl methyl sites for hydroxylation is 2. The van der Waals surface area contributed by atoms with E-state index in [0.717, 1.165) is 6.42 Å². The van der Waals surface area contributed by atoms with Gasteiger partial charge in [0.1, 0.15) is 7.05 Å². The molecule has 2 nitrogen and oxygen atoms in total. The number of hydrogen-bond donors (Lipinski definition) is 0. The first-order chi connectivity index (χ1) is 10.6. The van der Waals surface area contributed by atoms with Crippen LogP contribution in [-0.2, 0) is 13.5 Å². The molecule has 2 heterocycles. The molecule has 2 aromatic heterocycles. The number of rotatable bonds is 3. The van der Waals surface area contributed by atoms with E-state index in [4.69, 9.17) is 4.98 Å². The van der Waals surface area contributed by atoms with Crippen LogP contribution in [-0.4, -0.2) is 4.98 Å². The predicted octanol–water partition coefficient (Wildman–Crippen LogP) is 4.23. The molecule has 0 N–H and O–H groups in total. The molecule has 112 valence electrons. The molecule has 2 heteroatoms. The topological polar surface area (TPSA) is 16.8 Å². The summed E-state index contributed by atoms with van der Waals surface area (Å²) in [4.78, 5) is 4.69. The highest BCUT2D eigenvalue weighted by Crippen LogP contribution is 2.27.